The molecule has 1 aromatic heterocycles. The van der Waals surface area contributed by atoms with E-state index in [1.807, 2.05) is 30.0 Å². The van der Waals surface area contributed by atoms with Crippen molar-refractivity contribution in [3.8, 4) is 6.07 Å². The number of likely N-dealkylation sites (N-methyl/N-ethyl adjacent to an activating group) is 1. The first kappa shape index (κ1) is 19.3. The van der Waals surface area contributed by atoms with Gasteiger partial charge in [-0.05, 0) is 49.2 Å². The van der Waals surface area contributed by atoms with Crippen molar-refractivity contribution >= 4 is 28.9 Å². The van der Waals surface area contributed by atoms with E-state index in [-0.39, 0.29) is 5.57 Å². The molecule has 0 atom stereocenters. The van der Waals surface area contributed by atoms with Gasteiger partial charge in [0.2, 0.25) is 0 Å². The quantitative estimate of drug-likeness (QED) is 0.444. The first-order valence-corrected chi connectivity index (χ1v) is 8.52. The van der Waals surface area contributed by atoms with Crippen LogP contribution in [0.15, 0.2) is 54.5 Å². The number of nitrogen functional groups attached to an aromatic ring is 1. The number of pyridine rings is 1. The third kappa shape index (κ3) is 5.50. The van der Waals surface area contributed by atoms with E-state index in [1.165, 1.54) is 0 Å². The topological polar surface area (TPSA) is 95.0 Å². The molecule has 2 rings (SSSR count). The molecule has 7 heteroatoms. The minimum atomic E-state index is -0.512. The number of benzene rings is 1. The van der Waals surface area contributed by atoms with Crippen LogP contribution in [0.1, 0.15) is 12.5 Å². The molecule has 134 valence electrons. The molecule has 0 aliphatic carbocycles. The molecule has 2 aromatic rings. The van der Waals surface area contributed by atoms with Gasteiger partial charge in [0.25, 0.3) is 5.91 Å². The second kappa shape index (κ2) is 9.44. The van der Waals surface area contributed by atoms with Crippen LogP contribution in [0.2, 0.25) is 5.02 Å². The third-order valence-corrected chi connectivity index (χ3v) is 4.07. The number of amides is 1. The number of hydrogen-bond acceptors (Lipinski definition) is 5. The molecule has 0 aliphatic rings. The van der Waals surface area contributed by atoms with E-state index < -0.39 is 5.91 Å². The van der Waals surface area contributed by atoms with Crippen molar-refractivity contribution in [1.29, 1.82) is 5.26 Å². The summed E-state index contributed by atoms with van der Waals surface area (Å²) in [5, 5.41) is 12.3. The molecule has 0 bridgehead atoms. The summed E-state index contributed by atoms with van der Waals surface area (Å²) in [6.07, 6.45) is 5.84. The van der Waals surface area contributed by atoms with Gasteiger partial charge in [-0.25, -0.2) is 0 Å². The van der Waals surface area contributed by atoms with Gasteiger partial charge in [0, 0.05) is 37.4 Å². The van der Waals surface area contributed by atoms with Crippen molar-refractivity contribution in [3.63, 3.8) is 0 Å². The zero-order chi connectivity index (χ0) is 18.9. The summed E-state index contributed by atoms with van der Waals surface area (Å²) in [6, 6.07) is 10.6. The second-order valence-electron chi connectivity index (χ2n) is 5.58. The number of nitrogens with zero attached hydrogens (tertiary/aromatic N) is 3. The summed E-state index contributed by atoms with van der Waals surface area (Å²) < 4.78 is 0. The molecule has 3 N–H and O–H groups in total. The number of hydrogen-bond donors (Lipinski definition) is 2. The molecule has 0 saturated carbocycles. The minimum Gasteiger partial charge on any atom is -0.399 e. The van der Waals surface area contributed by atoms with Crippen LogP contribution in [0, 0.1) is 11.3 Å². The lowest BCUT2D eigenvalue weighted by Crippen LogP contribution is -2.23. The Balaban J connectivity index is 2.06. The van der Waals surface area contributed by atoms with Gasteiger partial charge in [0.15, 0.2) is 0 Å². The normalized spacial score (nSPS) is 10.9. The fourth-order valence-corrected chi connectivity index (χ4v) is 2.52. The van der Waals surface area contributed by atoms with E-state index in [9.17, 15) is 10.1 Å². The Morgan fingerprint density at radius 3 is 2.73 bits per heavy atom. The van der Waals surface area contributed by atoms with Crippen molar-refractivity contribution in [2.75, 3.05) is 24.1 Å². The molecular formula is C19H20ClN5O. The Kier molecular flexibility index (Phi) is 7.01. The van der Waals surface area contributed by atoms with Crippen LogP contribution >= 0.6 is 11.6 Å². The SMILES string of the molecule is CCN(/C=C(/C#N)C(=O)Nc1ccc(N)cc1Cl)CCc1ccncc1. The van der Waals surface area contributed by atoms with E-state index in [1.54, 1.807) is 36.8 Å². The highest BCUT2D eigenvalue weighted by Gasteiger charge is 2.13. The van der Waals surface area contributed by atoms with Crippen molar-refractivity contribution in [3.05, 3.63) is 65.1 Å². The first-order valence-electron chi connectivity index (χ1n) is 8.14. The lowest BCUT2D eigenvalue weighted by Gasteiger charge is -2.19. The Morgan fingerprint density at radius 2 is 2.12 bits per heavy atom. The summed E-state index contributed by atoms with van der Waals surface area (Å²) in [5.41, 5.74) is 7.70. The zero-order valence-electron chi connectivity index (χ0n) is 14.4. The number of nitriles is 1. The lowest BCUT2D eigenvalue weighted by atomic mass is 10.2. The lowest BCUT2D eigenvalue weighted by molar-refractivity contribution is -0.112. The number of carbonyl (C=O) groups is 1. The highest BCUT2D eigenvalue weighted by Crippen LogP contribution is 2.24. The van der Waals surface area contributed by atoms with Gasteiger partial charge >= 0.3 is 0 Å². The van der Waals surface area contributed by atoms with Gasteiger partial charge in [-0.1, -0.05) is 11.6 Å². The third-order valence-electron chi connectivity index (χ3n) is 3.76. The number of rotatable bonds is 7. The Bertz CT molecular complexity index is 830. The van der Waals surface area contributed by atoms with Gasteiger partial charge in [-0.2, -0.15) is 5.26 Å². The molecule has 1 heterocycles. The van der Waals surface area contributed by atoms with Crippen LogP contribution in [0.5, 0.6) is 0 Å². The minimum absolute atomic E-state index is 0.00877. The number of halogens is 1. The van der Waals surface area contributed by atoms with E-state index >= 15 is 0 Å². The fraction of sp³-hybridized carbons (Fsp3) is 0.211. The Morgan fingerprint density at radius 1 is 1.38 bits per heavy atom. The van der Waals surface area contributed by atoms with Crippen molar-refractivity contribution in [1.82, 2.24) is 9.88 Å². The van der Waals surface area contributed by atoms with Crippen LogP contribution in [0.4, 0.5) is 11.4 Å². The summed E-state index contributed by atoms with van der Waals surface area (Å²) >= 11 is 6.06. The van der Waals surface area contributed by atoms with E-state index in [4.69, 9.17) is 17.3 Å². The van der Waals surface area contributed by atoms with Crippen LogP contribution in [-0.4, -0.2) is 28.9 Å². The van der Waals surface area contributed by atoms with Crippen LogP contribution in [0.3, 0.4) is 0 Å². The average molecular weight is 370 g/mol. The number of nitrogens with two attached hydrogens (primary N) is 1. The Labute approximate surface area is 157 Å². The standard InChI is InChI=1S/C19H20ClN5O/c1-2-25(10-7-14-5-8-23-9-6-14)13-15(12-21)19(26)24-18-4-3-16(22)11-17(18)20/h3-6,8-9,11,13H,2,7,10,22H2,1H3,(H,24,26)/b15-13-. The van der Waals surface area contributed by atoms with Crippen molar-refractivity contribution < 1.29 is 4.79 Å². The van der Waals surface area contributed by atoms with Crippen molar-refractivity contribution in [2.24, 2.45) is 0 Å². The zero-order valence-corrected chi connectivity index (χ0v) is 15.2. The molecule has 0 fully saturated rings. The highest BCUT2D eigenvalue weighted by atomic mass is 35.5. The molecule has 0 unspecified atom stereocenters. The van der Waals surface area contributed by atoms with E-state index in [0.29, 0.717) is 29.5 Å². The maximum Gasteiger partial charge on any atom is 0.267 e. The first-order chi connectivity index (χ1) is 12.5. The highest BCUT2D eigenvalue weighted by molar-refractivity contribution is 6.34. The summed E-state index contributed by atoms with van der Waals surface area (Å²) in [7, 11) is 0. The van der Waals surface area contributed by atoms with Gasteiger partial charge < -0.3 is 16.0 Å². The number of anilines is 2. The number of aromatic nitrogens is 1. The molecule has 1 aromatic carbocycles. The van der Waals surface area contributed by atoms with Gasteiger partial charge in [-0.15, -0.1) is 0 Å². The molecule has 0 radical (unpaired) electrons. The van der Waals surface area contributed by atoms with Crippen LogP contribution in [0.25, 0.3) is 0 Å². The fourth-order valence-electron chi connectivity index (χ4n) is 2.28. The predicted octanol–water partition coefficient (Wildman–Crippen LogP) is 3.23. The number of nitrogens with one attached hydrogen (secondary N) is 1. The molecule has 1 amide bonds. The molecule has 0 spiro atoms. The largest absolute Gasteiger partial charge is 0.399 e. The summed E-state index contributed by atoms with van der Waals surface area (Å²) in [5.74, 6) is -0.512. The molecule has 6 nitrogen and oxygen atoms in total. The van der Waals surface area contributed by atoms with Crippen molar-refractivity contribution in [2.45, 2.75) is 13.3 Å². The number of carbonyl (C=O) groups excluding carboxylic acids is 1. The van der Waals surface area contributed by atoms with Gasteiger partial charge in [0.05, 0.1) is 10.7 Å². The molecular weight excluding hydrogens is 350 g/mol. The van der Waals surface area contributed by atoms with Crippen LogP contribution < -0.4 is 11.1 Å². The maximum atomic E-state index is 12.4. The second-order valence-corrected chi connectivity index (χ2v) is 5.99. The Hall–Kier alpha value is -3.04. The molecule has 26 heavy (non-hydrogen) atoms. The van der Waals surface area contributed by atoms with E-state index in [2.05, 4.69) is 10.3 Å². The van der Waals surface area contributed by atoms with Gasteiger partial charge in [-0.3, -0.25) is 9.78 Å². The molecule has 0 aliphatic heterocycles. The van der Waals surface area contributed by atoms with Gasteiger partial charge in [0.1, 0.15) is 11.6 Å². The molecule has 0 saturated heterocycles. The maximum absolute atomic E-state index is 12.4. The monoisotopic (exact) mass is 369 g/mol. The summed E-state index contributed by atoms with van der Waals surface area (Å²) in [6.45, 7) is 3.32. The predicted molar refractivity (Wildman–Crippen MR) is 103 cm³/mol. The average Bonchev–Trinajstić information content (AvgIpc) is 2.65. The van der Waals surface area contributed by atoms with Crippen LogP contribution in [-0.2, 0) is 11.2 Å². The van der Waals surface area contributed by atoms with E-state index in [0.717, 1.165) is 12.0 Å². The summed E-state index contributed by atoms with van der Waals surface area (Å²) in [4.78, 5) is 18.3. The smallest absolute Gasteiger partial charge is 0.267 e.